The van der Waals surface area contributed by atoms with Crippen LogP contribution in [0.5, 0.6) is 11.5 Å². The van der Waals surface area contributed by atoms with E-state index in [0.29, 0.717) is 23.7 Å². The molecule has 3 aromatic carbocycles. The number of ether oxygens (including phenoxy) is 2. The summed E-state index contributed by atoms with van der Waals surface area (Å²) in [6.07, 6.45) is 1.13. The summed E-state index contributed by atoms with van der Waals surface area (Å²) >= 11 is 0. The molecule has 0 radical (unpaired) electrons. The maximum absolute atomic E-state index is 11.6. The van der Waals surface area contributed by atoms with Crippen LogP contribution < -0.4 is 20.9 Å². The first-order valence-corrected chi connectivity index (χ1v) is 10.3. The lowest BCUT2D eigenvalue weighted by atomic mass is 9.91. The van der Waals surface area contributed by atoms with Gasteiger partial charge in [-0.25, -0.2) is 4.98 Å². The van der Waals surface area contributed by atoms with Crippen LogP contribution in [0, 0.1) is 10.1 Å². The van der Waals surface area contributed by atoms with Gasteiger partial charge < -0.3 is 20.9 Å². The fraction of sp³-hybridized carbons (Fsp3) is 0.160. The molecule has 0 aliphatic rings. The third-order valence-corrected chi connectivity index (χ3v) is 5.67. The Bertz CT molecular complexity index is 1320. The molecule has 0 aliphatic carbocycles. The molecular weight excluding hydrogens is 420 g/mol. The summed E-state index contributed by atoms with van der Waals surface area (Å²) < 4.78 is 10.5. The van der Waals surface area contributed by atoms with Crippen molar-refractivity contribution in [3.05, 3.63) is 93.0 Å². The third kappa shape index (κ3) is 4.36. The molecule has 8 heteroatoms. The molecule has 0 saturated carbocycles. The van der Waals surface area contributed by atoms with E-state index in [9.17, 15) is 10.1 Å². The molecule has 8 nitrogen and oxygen atoms in total. The van der Waals surface area contributed by atoms with Crippen molar-refractivity contribution in [2.75, 3.05) is 25.7 Å². The molecule has 168 valence electrons. The quantitative estimate of drug-likeness (QED) is 0.317. The van der Waals surface area contributed by atoms with Crippen LogP contribution in [0.25, 0.3) is 10.9 Å². The lowest BCUT2D eigenvalue weighted by Crippen LogP contribution is -2.07. The fourth-order valence-corrected chi connectivity index (χ4v) is 3.98. The molecule has 1 heterocycles. The molecule has 0 bridgehead atoms. The van der Waals surface area contributed by atoms with Crippen molar-refractivity contribution in [1.82, 2.24) is 4.98 Å². The number of benzene rings is 3. The molecular formula is C25H24N4O4. The number of nitrogens with two attached hydrogens (primary N) is 2. The summed E-state index contributed by atoms with van der Waals surface area (Å²) in [7, 11) is 3.24. The van der Waals surface area contributed by atoms with Gasteiger partial charge in [-0.1, -0.05) is 30.3 Å². The second kappa shape index (κ2) is 9.04. The molecule has 33 heavy (non-hydrogen) atoms. The van der Waals surface area contributed by atoms with Crippen molar-refractivity contribution in [1.29, 1.82) is 0 Å². The van der Waals surface area contributed by atoms with Gasteiger partial charge in [0.2, 0.25) is 5.82 Å². The normalized spacial score (nSPS) is 10.8. The van der Waals surface area contributed by atoms with E-state index in [2.05, 4.69) is 4.98 Å². The van der Waals surface area contributed by atoms with Crippen LogP contribution in [0.2, 0.25) is 0 Å². The summed E-state index contributed by atoms with van der Waals surface area (Å²) in [5.74, 6) is 1.33. The Labute approximate surface area is 190 Å². The smallest absolute Gasteiger partial charge is 0.334 e. The highest BCUT2D eigenvalue weighted by Crippen LogP contribution is 2.38. The number of anilines is 2. The van der Waals surface area contributed by atoms with Gasteiger partial charge in [0, 0.05) is 5.39 Å². The van der Waals surface area contributed by atoms with Crippen LogP contribution in [0.15, 0.2) is 60.7 Å². The summed E-state index contributed by atoms with van der Waals surface area (Å²) in [6.45, 7) is 0. The predicted molar refractivity (Wildman–Crippen MR) is 129 cm³/mol. The van der Waals surface area contributed by atoms with Crippen LogP contribution in [0.1, 0.15) is 22.3 Å². The van der Waals surface area contributed by atoms with Gasteiger partial charge in [0.15, 0.2) is 0 Å². The van der Waals surface area contributed by atoms with Crippen molar-refractivity contribution in [2.45, 2.75) is 12.8 Å². The minimum Gasteiger partial charge on any atom is -0.497 e. The maximum atomic E-state index is 11.6. The molecule has 0 spiro atoms. The Balaban J connectivity index is 1.89. The van der Waals surface area contributed by atoms with Crippen molar-refractivity contribution in [3.63, 3.8) is 0 Å². The van der Waals surface area contributed by atoms with Crippen molar-refractivity contribution >= 4 is 28.1 Å². The number of hydrogen-bond donors (Lipinski definition) is 2. The number of hydrogen-bond acceptors (Lipinski definition) is 7. The number of rotatable bonds is 7. The first-order valence-electron chi connectivity index (χ1n) is 10.3. The first kappa shape index (κ1) is 21.9. The highest BCUT2D eigenvalue weighted by Gasteiger charge is 2.24. The van der Waals surface area contributed by atoms with E-state index in [1.807, 2.05) is 60.7 Å². The molecule has 0 saturated heterocycles. The van der Waals surface area contributed by atoms with Gasteiger partial charge >= 0.3 is 5.69 Å². The lowest BCUT2D eigenvalue weighted by Gasteiger charge is -2.16. The van der Waals surface area contributed by atoms with Crippen molar-refractivity contribution in [3.8, 4) is 11.5 Å². The van der Waals surface area contributed by atoms with Crippen LogP contribution in [0.4, 0.5) is 17.2 Å². The van der Waals surface area contributed by atoms with E-state index in [1.54, 1.807) is 14.2 Å². The van der Waals surface area contributed by atoms with E-state index in [4.69, 9.17) is 20.9 Å². The molecule has 0 unspecified atom stereocenters. The van der Waals surface area contributed by atoms with Gasteiger partial charge in [0.1, 0.15) is 17.2 Å². The topological polar surface area (TPSA) is 127 Å². The molecule has 4 rings (SSSR count). The first-order chi connectivity index (χ1) is 15.9. The fourth-order valence-electron chi connectivity index (χ4n) is 3.98. The SMILES string of the molecule is COc1ccc(Cc2ccc3nc(N)c([N+](=O)[O-])c(N)c3c2Cc2ccc(OC)cc2)cc1. The molecule has 0 aliphatic heterocycles. The van der Waals surface area contributed by atoms with E-state index >= 15 is 0 Å². The zero-order valence-corrected chi connectivity index (χ0v) is 18.4. The van der Waals surface area contributed by atoms with E-state index in [0.717, 1.165) is 33.8 Å². The molecule has 0 fully saturated rings. The molecule has 4 aromatic rings. The van der Waals surface area contributed by atoms with Crippen molar-refractivity contribution < 1.29 is 14.4 Å². The van der Waals surface area contributed by atoms with Gasteiger partial charge in [0.05, 0.1) is 24.7 Å². The maximum Gasteiger partial charge on any atom is 0.334 e. The Morgan fingerprint density at radius 3 is 1.91 bits per heavy atom. The highest BCUT2D eigenvalue weighted by atomic mass is 16.6. The monoisotopic (exact) mass is 444 g/mol. The number of nitro groups is 1. The number of fused-ring (bicyclic) bond motifs is 1. The molecule has 0 amide bonds. The van der Waals surface area contributed by atoms with Gasteiger partial charge in [0.25, 0.3) is 0 Å². The second-order valence-corrected chi connectivity index (χ2v) is 7.66. The largest absolute Gasteiger partial charge is 0.497 e. The number of nitrogens with zero attached hydrogens (tertiary/aromatic N) is 2. The zero-order valence-electron chi connectivity index (χ0n) is 18.4. The third-order valence-electron chi connectivity index (χ3n) is 5.67. The summed E-state index contributed by atoms with van der Waals surface area (Å²) in [6, 6.07) is 19.3. The van der Waals surface area contributed by atoms with Crippen LogP contribution in [-0.2, 0) is 12.8 Å². The predicted octanol–water partition coefficient (Wildman–Crippen LogP) is 4.51. The molecule has 4 N–H and O–H groups in total. The Kier molecular flexibility index (Phi) is 5.99. The van der Waals surface area contributed by atoms with Gasteiger partial charge in [-0.3, -0.25) is 10.1 Å². The Morgan fingerprint density at radius 2 is 1.39 bits per heavy atom. The average molecular weight is 444 g/mol. The van der Waals surface area contributed by atoms with Crippen molar-refractivity contribution in [2.24, 2.45) is 0 Å². The number of nitrogen functional groups attached to an aromatic ring is 2. The molecule has 1 aromatic heterocycles. The molecule has 0 atom stereocenters. The average Bonchev–Trinajstić information content (AvgIpc) is 2.81. The van der Waals surface area contributed by atoms with Gasteiger partial charge in [-0.15, -0.1) is 0 Å². The van der Waals surface area contributed by atoms with E-state index < -0.39 is 4.92 Å². The van der Waals surface area contributed by atoms with E-state index in [-0.39, 0.29) is 17.2 Å². The van der Waals surface area contributed by atoms with Gasteiger partial charge in [-0.2, -0.15) is 0 Å². The van der Waals surface area contributed by atoms with E-state index in [1.165, 1.54) is 0 Å². The van der Waals surface area contributed by atoms with Crippen LogP contribution in [0.3, 0.4) is 0 Å². The zero-order chi connectivity index (χ0) is 23.5. The van der Waals surface area contributed by atoms with Gasteiger partial charge in [-0.05, 0) is 65.4 Å². The van der Waals surface area contributed by atoms with Crippen LogP contribution >= 0.6 is 0 Å². The Hall–Kier alpha value is -4.33. The second-order valence-electron chi connectivity index (χ2n) is 7.66. The lowest BCUT2D eigenvalue weighted by molar-refractivity contribution is -0.383. The number of methoxy groups -OCH3 is 2. The van der Waals surface area contributed by atoms with Crippen LogP contribution in [-0.4, -0.2) is 24.1 Å². The minimum absolute atomic E-state index is 0.0302. The highest BCUT2D eigenvalue weighted by molar-refractivity contribution is 6.01. The summed E-state index contributed by atoms with van der Waals surface area (Å²) in [5, 5.41) is 12.2. The summed E-state index contributed by atoms with van der Waals surface area (Å²) in [4.78, 5) is 15.3. The minimum atomic E-state index is -0.579. The Morgan fingerprint density at radius 1 is 0.848 bits per heavy atom. The number of pyridine rings is 1. The standard InChI is InChI=1S/C25H24N4O4/c1-32-18-8-3-15(4-9-18)13-17-7-12-21-22(23(26)24(29(30)31)25(27)28-21)20(17)14-16-5-10-19(33-2)11-6-16/h3-12H,13-14H2,1-2H3,(H4,26,27,28). The number of aromatic nitrogens is 1. The summed E-state index contributed by atoms with van der Waals surface area (Å²) in [5.41, 5.74) is 16.3.